The van der Waals surface area contributed by atoms with E-state index in [0.717, 1.165) is 21.8 Å². The summed E-state index contributed by atoms with van der Waals surface area (Å²) in [7, 11) is 0. The average Bonchev–Trinajstić information content (AvgIpc) is 2.34. The first-order valence-electron chi connectivity index (χ1n) is 5.35. The predicted octanol–water partition coefficient (Wildman–Crippen LogP) is 3.66. The van der Waals surface area contributed by atoms with E-state index in [4.69, 9.17) is 0 Å². The van der Waals surface area contributed by atoms with E-state index in [0.29, 0.717) is 5.56 Å². The van der Waals surface area contributed by atoms with Gasteiger partial charge in [-0.2, -0.15) is 0 Å². The molecule has 0 bridgehead atoms. The lowest BCUT2D eigenvalue weighted by Crippen LogP contribution is -1.89. The molecule has 0 amide bonds. The van der Waals surface area contributed by atoms with Crippen LogP contribution in [0.4, 0.5) is 0 Å². The summed E-state index contributed by atoms with van der Waals surface area (Å²) in [6.45, 7) is 4.04. The molecule has 0 spiro atoms. The molecule has 0 saturated carbocycles. The number of hydrogen-bond acceptors (Lipinski definition) is 3. The minimum atomic E-state index is 0.621. The Morgan fingerprint density at radius 3 is 2.47 bits per heavy atom. The highest BCUT2D eigenvalue weighted by Gasteiger charge is 2.03. The van der Waals surface area contributed by atoms with Crippen molar-refractivity contribution >= 4 is 18.0 Å². The number of pyridine rings is 1. The Morgan fingerprint density at radius 2 is 1.88 bits per heavy atom. The molecule has 2 nitrogen and oxygen atoms in total. The van der Waals surface area contributed by atoms with E-state index in [-0.39, 0.29) is 0 Å². The highest BCUT2D eigenvalue weighted by molar-refractivity contribution is 7.99. The van der Waals surface area contributed by atoms with Crippen molar-refractivity contribution in [3.63, 3.8) is 0 Å². The van der Waals surface area contributed by atoms with Crippen LogP contribution < -0.4 is 0 Å². The summed E-state index contributed by atoms with van der Waals surface area (Å²) in [6, 6.07) is 10.2. The fourth-order valence-electron chi connectivity index (χ4n) is 1.47. The molecule has 0 atom stereocenters. The molecule has 0 fully saturated rings. The summed E-state index contributed by atoms with van der Waals surface area (Å²) >= 11 is 1.62. The summed E-state index contributed by atoms with van der Waals surface area (Å²) < 4.78 is 0. The predicted molar refractivity (Wildman–Crippen MR) is 69.7 cm³/mol. The Morgan fingerprint density at radius 1 is 1.18 bits per heavy atom. The van der Waals surface area contributed by atoms with Gasteiger partial charge in [-0.25, -0.2) is 4.98 Å². The molecular formula is C14H13NOS. The normalized spacial score (nSPS) is 10.2. The highest BCUT2D eigenvalue weighted by atomic mass is 32.2. The van der Waals surface area contributed by atoms with Crippen molar-refractivity contribution in [2.75, 3.05) is 0 Å². The van der Waals surface area contributed by atoms with Gasteiger partial charge in [0.25, 0.3) is 0 Å². The summed E-state index contributed by atoms with van der Waals surface area (Å²) in [5, 5.41) is 0.944. The van der Waals surface area contributed by atoms with Crippen LogP contribution in [0.15, 0.2) is 46.5 Å². The van der Waals surface area contributed by atoms with Gasteiger partial charge in [-0.05, 0) is 37.6 Å². The third-order valence-electron chi connectivity index (χ3n) is 2.42. The van der Waals surface area contributed by atoms with Crippen molar-refractivity contribution in [3.8, 4) is 0 Å². The van der Waals surface area contributed by atoms with Crippen LogP contribution in [0.3, 0.4) is 0 Å². The zero-order valence-electron chi connectivity index (χ0n) is 9.81. The second kappa shape index (κ2) is 5.15. The van der Waals surface area contributed by atoms with Crippen molar-refractivity contribution in [3.05, 3.63) is 53.2 Å². The van der Waals surface area contributed by atoms with Gasteiger partial charge in [0, 0.05) is 16.7 Å². The lowest BCUT2D eigenvalue weighted by atomic mass is 10.2. The number of aromatic nitrogens is 1. The molecule has 2 aromatic rings. The van der Waals surface area contributed by atoms with E-state index in [1.165, 1.54) is 5.56 Å². The van der Waals surface area contributed by atoms with Crippen molar-refractivity contribution in [2.45, 2.75) is 23.8 Å². The number of benzene rings is 1. The average molecular weight is 243 g/mol. The first-order valence-corrected chi connectivity index (χ1v) is 6.17. The Bertz CT molecular complexity index is 534. The molecule has 0 aliphatic rings. The molecule has 1 aromatic heterocycles. The standard InChI is InChI=1S/C14H13NOS/c1-10-3-5-13(6-4-10)17-14-11(2)7-12(9-16)8-15-14/h3-9H,1-2H3. The van der Waals surface area contributed by atoms with Crippen LogP contribution in [0.25, 0.3) is 0 Å². The van der Waals surface area contributed by atoms with Crippen LogP contribution in [-0.2, 0) is 0 Å². The van der Waals surface area contributed by atoms with E-state index in [2.05, 4.69) is 36.2 Å². The second-order valence-corrected chi connectivity index (χ2v) is 4.99. The zero-order valence-corrected chi connectivity index (χ0v) is 10.6. The number of hydrogen-bond donors (Lipinski definition) is 0. The van der Waals surface area contributed by atoms with Gasteiger partial charge in [0.15, 0.2) is 6.29 Å². The molecule has 0 aliphatic carbocycles. The van der Waals surface area contributed by atoms with Crippen molar-refractivity contribution in [1.82, 2.24) is 4.98 Å². The number of carbonyl (C=O) groups excluding carboxylic acids is 1. The molecule has 17 heavy (non-hydrogen) atoms. The van der Waals surface area contributed by atoms with Crippen molar-refractivity contribution < 1.29 is 4.79 Å². The van der Waals surface area contributed by atoms with Crippen LogP contribution in [0.5, 0.6) is 0 Å². The van der Waals surface area contributed by atoms with Gasteiger partial charge in [0.1, 0.15) is 5.03 Å². The van der Waals surface area contributed by atoms with Gasteiger partial charge >= 0.3 is 0 Å². The molecule has 0 aliphatic heterocycles. The van der Waals surface area contributed by atoms with Gasteiger partial charge in [0.05, 0.1) is 0 Å². The second-order valence-electron chi connectivity index (χ2n) is 3.92. The first kappa shape index (κ1) is 11.9. The maximum Gasteiger partial charge on any atom is 0.151 e. The minimum Gasteiger partial charge on any atom is -0.298 e. The largest absolute Gasteiger partial charge is 0.298 e. The number of rotatable bonds is 3. The highest BCUT2D eigenvalue weighted by Crippen LogP contribution is 2.28. The van der Waals surface area contributed by atoms with Crippen LogP contribution in [0.1, 0.15) is 21.5 Å². The molecular weight excluding hydrogens is 230 g/mol. The Hall–Kier alpha value is -1.61. The monoisotopic (exact) mass is 243 g/mol. The summed E-state index contributed by atoms with van der Waals surface area (Å²) in [6.07, 6.45) is 2.43. The zero-order chi connectivity index (χ0) is 12.3. The maximum atomic E-state index is 10.6. The van der Waals surface area contributed by atoms with Gasteiger partial charge in [0.2, 0.25) is 0 Å². The van der Waals surface area contributed by atoms with Crippen LogP contribution in [0.2, 0.25) is 0 Å². The van der Waals surface area contributed by atoms with Gasteiger partial charge in [-0.3, -0.25) is 4.79 Å². The lowest BCUT2D eigenvalue weighted by Gasteiger charge is -2.05. The minimum absolute atomic E-state index is 0.621. The number of aldehydes is 1. The summed E-state index contributed by atoms with van der Waals surface area (Å²) in [5.74, 6) is 0. The third kappa shape index (κ3) is 2.94. The fraction of sp³-hybridized carbons (Fsp3) is 0.143. The SMILES string of the molecule is Cc1ccc(Sc2ncc(C=O)cc2C)cc1. The molecule has 3 heteroatoms. The molecule has 0 radical (unpaired) electrons. The molecule has 1 aromatic carbocycles. The maximum absolute atomic E-state index is 10.6. The van der Waals surface area contributed by atoms with E-state index in [1.54, 1.807) is 18.0 Å². The van der Waals surface area contributed by atoms with Crippen molar-refractivity contribution in [2.24, 2.45) is 0 Å². The molecule has 0 saturated heterocycles. The first-order chi connectivity index (χ1) is 8.19. The number of nitrogens with zero attached hydrogens (tertiary/aromatic N) is 1. The number of carbonyl (C=O) groups is 1. The molecule has 0 N–H and O–H groups in total. The third-order valence-corrected chi connectivity index (χ3v) is 3.55. The summed E-state index contributed by atoms with van der Waals surface area (Å²) in [4.78, 5) is 16.1. The van der Waals surface area contributed by atoms with E-state index >= 15 is 0 Å². The van der Waals surface area contributed by atoms with E-state index < -0.39 is 0 Å². The van der Waals surface area contributed by atoms with Gasteiger partial charge in [-0.15, -0.1) is 0 Å². The summed E-state index contributed by atoms with van der Waals surface area (Å²) in [5.41, 5.74) is 2.89. The van der Waals surface area contributed by atoms with Crippen LogP contribution in [0, 0.1) is 13.8 Å². The molecule has 86 valence electrons. The lowest BCUT2D eigenvalue weighted by molar-refractivity contribution is 0.112. The quantitative estimate of drug-likeness (QED) is 0.770. The van der Waals surface area contributed by atoms with Crippen LogP contribution in [-0.4, -0.2) is 11.3 Å². The Kier molecular flexibility index (Phi) is 3.59. The van der Waals surface area contributed by atoms with Gasteiger partial charge in [-0.1, -0.05) is 29.5 Å². The molecule has 0 unspecified atom stereocenters. The van der Waals surface area contributed by atoms with Crippen molar-refractivity contribution in [1.29, 1.82) is 0 Å². The van der Waals surface area contributed by atoms with Gasteiger partial charge < -0.3 is 0 Å². The van der Waals surface area contributed by atoms with E-state index in [9.17, 15) is 4.79 Å². The topological polar surface area (TPSA) is 30.0 Å². The molecule has 1 heterocycles. The fourth-order valence-corrected chi connectivity index (χ4v) is 2.29. The smallest absolute Gasteiger partial charge is 0.151 e. The number of aryl methyl sites for hydroxylation is 2. The Labute approximate surface area is 105 Å². The van der Waals surface area contributed by atoms with E-state index in [1.807, 2.05) is 13.0 Å². The Balaban J connectivity index is 2.24. The van der Waals surface area contributed by atoms with Crippen LogP contribution >= 0.6 is 11.8 Å². The molecule has 2 rings (SSSR count).